The number of halogens is 1. The fraction of sp³-hybridized carbons (Fsp3) is 0.280. The first-order chi connectivity index (χ1) is 16.5. The second-order valence-corrected chi connectivity index (χ2v) is 9.54. The van der Waals surface area contributed by atoms with E-state index in [1.807, 2.05) is 18.2 Å². The molecule has 0 spiro atoms. The molecule has 2 amide bonds. The van der Waals surface area contributed by atoms with Gasteiger partial charge in [0.1, 0.15) is 5.82 Å². The molecule has 1 aromatic heterocycles. The van der Waals surface area contributed by atoms with Crippen LogP contribution in [0.3, 0.4) is 0 Å². The number of carbonyl (C=O) groups is 2. The van der Waals surface area contributed by atoms with E-state index in [1.165, 1.54) is 11.6 Å². The lowest BCUT2D eigenvalue weighted by molar-refractivity contribution is -0.115. The molecule has 3 aromatic rings. The Balaban J connectivity index is 1.12. The number of nitrogens with one attached hydrogen (secondary N) is 2. The third kappa shape index (κ3) is 5.26. The van der Waals surface area contributed by atoms with Crippen LogP contribution in [0.1, 0.15) is 24.1 Å². The van der Waals surface area contributed by atoms with Crippen molar-refractivity contribution in [2.24, 2.45) is 5.92 Å². The van der Waals surface area contributed by atoms with Gasteiger partial charge in [-0.3, -0.25) is 14.9 Å². The number of amides is 2. The Morgan fingerprint density at radius 2 is 1.91 bits per heavy atom. The molecule has 0 bridgehead atoms. The zero-order valence-corrected chi connectivity index (χ0v) is 19.3. The molecule has 9 heteroatoms. The maximum Gasteiger partial charge on any atom is 0.290 e. The summed E-state index contributed by atoms with van der Waals surface area (Å²) in [6.45, 7) is 3.44. The van der Waals surface area contributed by atoms with Crippen molar-refractivity contribution >= 4 is 45.7 Å². The van der Waals surface area contributed by atoms with E-state index in [4.69, 9.17) is 0 Å². The number of hydrogen-bond donors (Lipinski definition) is 2. The summed E-state index contributed by atoms with van der Waals surface area (Å²) in [7, 11) is 0. The number of nitrogens with zero attached hydrogens (tertiary/aromatic N) is 3. The minimum absolute atomic E-state index is 0.212. The highest BCUT2D eigenvalue weighted by atomic mass is 32.2. The van der Waals surface area contributed by atoms with Gasteiger partial charge in [-0.15, -0.1) is 0 Å². The molecule has 2 fully saturated rings. The minimum Gasteiger partial charge on any atom is -0.341 e. The van der Waals surface area contributed by atoms with Crippen molar-refractivity contribution in [1.82, 2.24) is 20.6 Å². The molecule has 3 heterocycles. The van der Waals surface area contributed by atoms with Gasteiger partial charge in [-0.25, -0.2) is 14.4 Å². The molecule has 0 radical (unpaired) electrons. The molecule has 2 aromatic carbocycles. The number of imide groups is 1. The molecule has 34 heavy (non-hydrogen) atoms. The lowest BCUT2D eigenvalue weighted by atomic mass is 9.97. The summed E-state index contributed by atoms with van der Waals surface area (Å²) < 4.78 is 13.4. The largest absolute Gasteiger partial charge is 0.341 e. The van der Waals surface area contributed by atoms with Gasteiger partial charge in [0, 0.05) is 25.8 Å². The lowest BCUT2D eigenvalue weighted by Gasteiger charge is -2.32. The first kappa shape index (κ1) is 22.5. The van der Waals surface area contributed by atoms with E-state index < -0.39 is 0 Å². The molecule has 174 valence electrons. The monoisotopic (exact) mass is 477 g/mol. The molecular weight excluding hydrogens is 453 g/mol. The first-order valence-electron chi connectivity index (χ1n) is 11.3. The van der Waals surface area contributed by atoms with Crippen LogP contribution in [0, 0.1) is 11.7 Å². The van der Waals surface area contributed by atoms with Gasteiger partial charge in [-0.2, -0.15) is 0 Å². The van der Waals surface area contributed by atoms with Crippen molar-refractivity contribution in [3.05, 3.63) is 70.6 Å². The van der Waals surface area contributed by atoms with Gasteiger partial charge in [0.25, 0.3) is 11.1 Å². The van der Waals surface area contributed by atoms with Gasteiger partial charge >= 0.3 is 0 Å². The lowest BCUT2D eigenvalue weighted by Crippen LogP contribution is -2.38. The van der Waals surface area contributed by atoms with Crippen LogP contribution < -0.4 is 15.5 Å². The summed E-state index contributed by atoms with van der Waals surface area (Å²) in [5, 5.41) is 7.41. The van der Waals surface area contributed by atoms with Gasteiger partial charge in [-0.1, -0.05) is 18.2 Å². The Labute approximate surface area is 200 Å². The van der Waals surface area contributed by atoms with Crippen LogP contribution >= 0.6 is 11.8 Å². The van der Waals surface area contributed by atoms with Gasteiger partial charge in [0.2, 0.25) is 5.95 Å². The predicted octanol–water partition coefficient (Wildman–Crippen LogP) is 4.10. The zero-order chi connectivity index (χ0) is 23.5. The molecule has 5 rings (SSSR count). The van der Waals surface area contributed by atoms with Gasteiger partial charge < -0.3 is 10.2 Å². The van der Waals surface area contributed by atoms with E-state index in [0.29, 0.717) is 22.5 Å². The molecule has 0 aliphatic carbocycles. The average Bonchev–Trinajstić information content (AvgIpc) is 3.16. The van der Waals surface area contributed by atoms with Crippen LogP contribution in [0.2, 0.25) is 0 Å². The molecule has 2 aliphatic rings. The molecule has 0 atom stereocenters. The predicted molar refractivity (Wildman–Crippen MR) is 132 cm³/mol. The zero-order valence-electron chi connectivity index (χ0n) is 18.5. The molecule has 2 N–H and O–H groups in total. The second-order valence-electron chi connectivity index (χ2n) is 8.52. The Kier molecular flexibility index (Phi) is 6.55. The van der Waals surface area contributed by atoms with Gasteiger partial charge in [0.15, 0.2) is 0 Å². The van der Waals surface area contributed by atoms with Crippen LogP contribution in [0.5, 0.6) is 0 Å². The highest BCUT2D eigenvalue weighted by Gasteiger charge is 2.25. The molecule has 2 aliphatic heterocycles. The quantitative estimate of drug-likeness (QED) is 0.517. The molecule has 0 saturated carbocycles. The van der Waals surface area contributed by atoms with Crippen molar-refractivity contribution in [3.63, 3.8) is 0 Å². The normalized spacial score (nSPS) is 18.1. The summed E-state index contributed by atoms with van der Waals surface area (Å²) in [6, 6.07) is 12.7. The van der Waals surface area contributed by atoms with Crippen molar-refractivity contribution < 1.29 is 14.0 Å². The number of carbonyl (C=O) groups excluding carboxylic acids is 2. The first-order valence-corrected chi connectivity index (χ1v) is 12.1. The average molecular weight is 478 g/mol. The fourth-order valence-electron chi connectivity index (χ4n) is 4.28. The van der Waals surface area contributed by atoms with Crippen molar-refractivity contribution in [2.45, 2.75) is 19.4 Å². The van der Waals surface area contributed by atoms with E-state index in [0.717, 1.165) is 61.6 Å². The van der Waals surface area contributed by atoms with Crippen molar-refractivity contribution in [1.29, 1.82) is 0 Å². The summed E-state index contributed by atoms with van der Waals surface area (Å²) in [5.74, 6) is 0.612. The van der Waals surface area contributed by atoms with Gasteiger partial charge in [-0.05, 0) is 83.7 Å². The Morgan fingerprint density at radius 1 is 1.12 bits per heavy atom. The van der Waals surface area contributed by atoms with E-state index in [-0.39, 0.29) is 17.0 Å². The van der Waals surface area contributed by atoms with Crippen LogP contribution in [0.15, 0.2) is 53.6 Å². The number of aromatic nitrogens is 2. The number of benzene rings is 2. The maximum absolute atomic E-state index is 13.4. The maximum atomic E-state index is 13.4. The Bertz CT molecular complexity index is 1270. The Morgan fingerprint density at radius 3 is 2.71 bits per heavy atom. The summed E-state index contributed by atoms with van der Waals surface area (Å²) in [6.07, 6.45) is 5.37. The molecular formula is C25H24FN5O2S. The topological polar surface area (TPSA) is 87.2 Å². The highest BCUT2D eigenvalue weighted by molar-refractivity contribution is 8.18. The third-order valence-corrected chi connectivity index (χ3v) is 6.92. The number of thioether (sulfide) groups is 1. The summed E-state index contributed by atoms with van der Waals surface area (Å²) in [5.41, 5.74) is 1.80. The number of piperidine rings is 1. The second kappa shape index (κ2) is 9.90. The highest BCUT2D eigenvalue weighted by Crippen LogP contribution is 2.26. The standard InChI is InChI=1S/C25H24FN5O2S/c26-20-4-3-18-11-17(1-2-19(18)12-20)15-27-14-16-6-9-31(10-7-16)24-28-8-5-21(29-24)13-22-23(32)30-25(33)34-22/h1-5,8,11-13,16,27H,6-7,9-10,14-15H2,(H,30,32,33). The third-order valence-electron chi connectivity index (χ3n) is 6.11. The number of fused-ring (bicyclic) bond motifs is 1. The van der Waals surface area contributed by atoms with Gasteiger partial charge in [0.05, 0.1) is 10.6 Å². The Hall–Kier alpha value is -3.30. The SMILES string of the molecule is O=C1NC(=O)C(=Cc2ccnc(N3CCC(CNCc4ccc5cc(F)ccc5c4)CC3)n2)S1. The van der Waals surface area contributed by atoms with Crippen LogP contribution in [0.25, 0.3) is 16.8 Å². The van der Waals surface area contributed by atoms with E-state index in [2.05, 4.69) is 31.6 Å². The molecule has 0 unspecified atom stereocenters. The summed E-state index contributed by atoms with van der Waals surface area (Å²) >= 11 is 0.883. The summed E-state index contributed by atoms with van der Waals surface area (Å²) in [4.78, 5) is 34.6. The smallest absolute Gasteiger partial charge is 0.290 e. The molecule has 2 saturated heterocycles. The van der Waals surface area contributed by atoms with Crippen LogP contribution in [-0.2, 0) is 11.3 Å². The molecule has 7 nitrogen and oxygen atoms in total. The number of rotatable bonds is 6. The fourth-order valence-corrected chi connectivity index (χ4v) is 4.95. The number of hydrogen-bond acceptors (Lipinski definition) is 7. The van der Waals surface area contributed by atoms with E-state index >= 15 is 0 Å². The number of anilines is 1. The van der Waals surface area contributed by atoms with E-state index in [1.54, 1.807) is 24.4 Å². The minimum atomic E-state index is -0.388. The van der Waals surface area contributed by atoms with Crippen molar-refractivity contribution in [2.75, 3.05) is 24.5 Å². The van der Waals surface area contributed by atoms with Crippen LogP contribution in [0.4, 0.5) is 15.1 Å². The van der Waals surface area contributed by atoms with E-state index in [9.17, 15) is 14.0 Å². The van der Waals surface area contributed by atoms with Crippen molar-refractivity contribution in [3.8, 4) is 0 Å². The van der Waals surface area contributed by atoms with Crippen LogP contribution in [-0.4, -0.2) is 40.7 Å².